The maximum absolute atomic E-state index is 14.4. The Labute approximate surface area is 234 Å². The Kier molecular flexibility index (Phi) is 7.62. The van der Waals surface area contributed by atoms with Gasteiger partial charge in [0.15, 0.2) is 5.82 Å². The number of carbonyl (C=O) groups is 2. The van der Waals surface area contributed by atoms with E-state index in [-0.39, 0.29) is 24.0 Å². The molecule has 1 amide bonds. The summed E-state index contributed by atoms with van der Waals surface area (Å²) in [6.07, 6.45) is -4.14. The molecule has 0 N–H and O–H groups in total. The molecule has 2 aliphatic rings. The molecule has 214 valence electrons. The second kappa shape index (κ2) is 10.7. The Morgan fingerprint density at radius 3 is 2.48 bits per heavy atom. The van der Waals surface area contributed by atoms with Gasteiger partial charge in [-0.2, -0.15) is 30.9 Å². The van der Waals surface area contributed by atoms with Crippen molar-refractivity contribution in [3.05, 3.63) is 62.8 Å². The molecule has 10 nitrogen and oxygen atoms in total. The van der Waals surface area contributed by atoms with Gasteiger partial charge in [-0.25, -0.2) is 8.70 Å². The fourth-order valence-corrected chi connectivity index (χ4v) is 7.26. The molecular formula is C23H20ClF4N5O5S2. The number of benzene rings is 1. The molecule has 40 heavy (non-hydrogen) atoms. The van der Waals surface area contributed by atoms with E-state index in [1.54, 1.807) is 12.1 Å². The molecule has 2 aliphatic heterocycles. The standard InChI is InChI=1S/C23H20ClF4N5O5S2/c24-17-8-7-13(39-17)12-38-22-29-19(30-33(22)20(34)14-5-1-2-6-16(14)25)15-11-32(21(35)18(15)23(26,27)28)40(36,37)31-9-3-4-10-31/h1-2,5-8,15,18H,3-4,9-12H2. The molecule has 2 atom stereocenters. The van der Waals surface area contributed by atoms with Crippen LogP contribution in [0.25, 0.3) is 0 Å². The van der Waals surface area contributed by atoms with Gasteiger partial charge in [0.05, 0.1) is 15.8 Å². The number of thiophene rings is 1. The number of aromatic nitrogens is 3. The quantitative estimate of drug-likeness (QED) is 0.368. The van der Waals surface area contributed by atoms with Gasteiger partial charge in [0.2, 0.25) is 5.91 Å². The fourth-order valence-electron chi connectivity index (χ4n) is 4.58. The first kappa shape index (κ1) is 28.4. The van der Waals surface area contributed by atoms with E-state index in [0.29, 0.717) is 26.7 Å². The van der Waals surface area contributed by atoms with Crippen molar-refractivity contribution in [2.24, 2.45) is 5.92 Å². The number of ether oxygens (including phenoxy) is 1. The number of halogens is 5. The van der Waals surface area contributed by atoms with E-state index >= 15 is 0 Å². The monoisotopic (exact) mass is 621 g/mol. The maximum atomic E-state index is 14.4. The molecular weight excluding hydrogens is 602 g/mol. The summed E-state index contributed by atoms with van der Waals surface area (Å²) < 4.78 is 90.6. The van der Waals surface area contributed by atoms with Crippen LogP contribution in [-0.4, -0.2) is 69.4 Å². The minimum Gasteiger partial charge on any atom is -0.458 e. The molecule has 0 radical (unpaired) electrons. The summed E-state index contributed by atoms with van der Waals surface area (Å²) in [6.45, 7) is -0.966. The van der Waals surface area contributed by atoms with Crippen molar-refractivity contribution in [3.8, 4) is 6.01 Å². The van der Waals surface area contributed by atoms with Crippen LogP contribution in [0.4, 0.5) is 17.6 Å². The Balaban J connectivity index is 1.54. The third-order valence-electron chi connectivity index (χ3n) is 6.49. The van der Waals surface area contributed by atoms with Crippen molar-refractivity contribution in [1.29, 1.82) is 0 Å². The van der Waals surface area contributed by atoms with E-state index in [4.69, 9.17) is 16.3 Å². The Bertz CT molecular complexity index is 1550. The van der Waals surface area contributed by atoms with E-state index in [1.165, 1.54) is 12.1 Å². The van der Waals surface area contributed by atoms with Crippen LogP contribution >= 0.6 is 22.9 Å². The van der Waals surface area contributed by atoms with Gasteiger partial charge in [-0.15, -0.1) is 21.1 Å². The molecule has 0 saturated carbocycles. The Hall–Kier alpha value is -3.08. The second-order valence-electron chi connectivity index (χ2n) is 9.05. The maximum Gasteiger partial charge on any atom is 0.401 e. The number of hydrogen-bond acceptors (Lipinski definition) is 8. The highest BCUT2D eigenvalue weighted by Gasteiger charge is 2.60. The summed E-state index contributed by atoms with van der Waals surface area (Å²) in [6, 6.07) is 7.49. The summed E-state index contributed by atoms with van der Waals surface area (Å²) in [4.78, 5) is 30.7. The van der Waals surface area contributed by atoms with Gasteiger partial charge in [-0.3, -0.25) is 9.59 Å². The zero-order chi connectivity index (χ0) is 28.8. The predicted molar refractivity (Wildman–Crippen MR) is 134 cm³/mol. The van der Waals surface area contributed by atoms with Crippen LogP contribution < -0.4 is 4.74 Å². The van der Waals surface area contributed by atoms with E-state index in [1.807, 2.05) is 0 Å². The Morgan fingerprint density at radius 1 is 1.15 bits per heavy atom. The zero-order valence-electron chi connectivity index (χ0n) is 20.3. The second-order valence-corrected chi connectivity index (χ2v) is 12.7. The highest BCUT2D eigenvalue weighted by molar-refractivity contribution is 7.87. The number of alkyl halides is 3. The molecule has 17 heteroatoms. The van der Waals surface area contributed by atoms with Crippen molar-refractivity contribution in [3.63, 3.8) is 0 Å². The summed E-state index contributed by atoms with van der Waals surface area (Å²) >= 11 is 7.06. The van der Waals surface area contributed by atoms with Crippen molar-refractivity contribution in [2.45, 2.75) is 31.5 Å². The predicted octanol–water partition coefficient (Wildman–Crippen LogP) is 3.84. The van der Waals surface area contributed by atoms with Gasteiger partial charge in [0, 0.05) is 24.5 Å². The molecule has 1 aromatic carbocycles. The van der Waals surface area contributed by atoms with E-state index in [0.717, 1.165) is 27.8 Å². The molecule has 0 spiro atoms. The van der Waals surface area contributed by atoms with Gasteiger partial charge in [-0.1, -0.05) is 23.7 Å². The lowest BCUT2D eigenvalue weighted by Gasteiger charge is -2.23. The summed E-state index contributed by atoms with van der Waals surface area (Å²) in [5, 5.41) is 3.89. The topological polar surface area (TPSA) is 115 Å². The molecule has 4 heterocycles. The molecule has 2 fully saturated rings. The van der Waals surface area contributed by atoms with Crippen molar-refractivity contribution >= 4 is 45.0 Å². The lowest BCUT2D eigenvalue weighted by Crippen LogP contribution is -2.45. The smallest absolute Gasteiger partial charge is 0.401 e. The molecule has 0 aliphatic carbocycles. The lowest BCUT2D eigenvalue weighted by molar-refractivity contribution is -0.182. The van der Waals surface area contributed by atoms with Crippen LogP contribution in [0.15, 0.2) is 36.4 Å². The van der Waals surface area contributed by atoms with E-state index in [2.05, 4.69) is 10.1 Å². The number of rotatable bonds is 7. The Morgan fingerprint density at radius 2 is 1.85 bits per heavy atom. The zero-order valence-corrected chi connectivity index (χ0v) is 22.7. The minimum atomic E-state index is -5.16. The van der Waals surface area contributed by atoms with Crippen molar-refractivity contribution in [1.82, 2.24) is 23.4 Å². The van der Waals surface area contributed by atoms with Crippen LogP contribution in [0.3, 0.4) is 0 Å². The fraction of sp³-hybridized carbons (Fsp3) is 0.391. The molecule has 5 rings (SSSR count). The molecule has 2 unspecified atom stereocenters. The van der Waals surface area contributed by atoms with Gasteiger partial charge in [0.1, 0.15) is 18.3 Å². The molecule has 3 aromatic rings. The number of carbonyl (C=O) groups excluding carboxylic acids is 2. The minimum absolute atomic E-state index is 0.0716. The van der Waals surface area contributed by atoms with Crippen molar-refractivity contribution < 1.29 is 40.3 Å². The summed E-state index contributed by atoms with van der Waals surface area (Å²) in [5.74, 6) is -9.03. The van der Waals surface area contributed by atoms with Crippen LogP contribution in [0, 0.1) is 11.7 Å². The highest BCUT2D eigenvalue weighted by Crippen LogP contribution is 2.44. The number of amides is 1. The van der Waals surface area contributed by atoms with Crippen molar-refractivity contribution in [2.75, 3.05) is 19.6 Å². The molecule has 0 bridgehead atoms. The van der Waals surface area contributed by atoms with E-state index < -0.39 is 69.8 Å². The van der Waals surface area contributed by atoms with Crippen LogP contribution in [0.5, 0.6) is 6.01 Å². The summed E-state index contributed by atoms with van der Waals surface area (Å²) in [5.41, 5.74) is -0.462. The molecule has 2 aromatic heterocycles. The highest BCUT2D eigenvalue weighted by atomic mass is 35.5. The number of nitrogens with zero attached hydrogens (tertiary/aromatic N) is 5. The average molecular weight is 622 g/mol. The summed E-state index contributed by atoms with van der Waals surface area (Å²) in [7, 11) is -4.54. The van der Waals surface area contributed by atoms with Gasteiger partial charge < -0.3 is 4.74 Å². The average Bonchev–Trinajstić information content (AvgIpc) is 3.68. The SMILES string of the molecule is O=C1C(C(F)(F)F)C(c2nc(OCc3ccc(Cl)s3)n(C(=O)c3ccccc3F)n2)CN1S(=O)(=O)N1CCCC1. The van der Waals surface area contributed by atoms with Crippen LogP contribution in [0.1, 0.15) is 39.8 Å². The first-order chi connectivity index (χ1) is 18.9. The lowest BCUT2D eigenvalue weighted by atomic mass is 9.94. The third-order valence-corrected chi connectivity index (χ3v) is 9.60. The van der Waals surface area contributed by atoms with Gasteiger partial charge in [0.25, 0.3) is 5.91 Å². The third kappa shape index (κ3) is 5.32. The first-order valence-electron chi connectivity index (χ1n) is 11.9. The van der Waals surface area contributed by atoms with Crippen LogP contribution in [0.2, 0.25) is 4.34 Å². The normalized spacial score (nSPS) is 20.4. The molecule has 2 saturated heterocycles. The first-order valence-corrected chi connectivity index (χ1v) is 14.5. The van der Waals surface area contributed by atoms with Gasteiger partial charge >= 0.3 is 22.4 Å². The van der Waals surface area contributed by atoms with Gasteiger partial charge in [-0.05, 0) is 37.1 Å². The van der Waals surface area contributed by atoms with E-state index in [9.17, 15) is 35.6 Å². The van der Waals surface area contributed by atoms with Crippen LogP contribution in [-0.2, 0) is 21.6 Å². The number of hydrogen-bond donors (Lipinski definition) is 0. The largest absolute Gasteiger partial charge is 0.458 e.